The van der Waals surface area contributed by atoms with E-state index in [9.17, 15) is 9.59 Å². The summed E-state index contributed by atoms with van der Waals surface area (Å²) >= 11 is 0. The second-order valence-electron chi connectivity index (χ2n) is 3.47. The van der Waals surface area contributed by atoms with Crippen LogP contribution in [0.15, 0.2) is 12.5 Å². The Labute approximate surface area is 91.5 Å². The van der Waals surface area contributed by atoms with Gasteiger partial charge in [0.1, 0.15) is 12.4 Å². The summed E-state index contributed by atoms with van der Waals surface area (Å²) in [6.07, 6.45) is 3.54. The number of carbonyl (C=O) groups is 2. The zero-order chi connectivity index (χ0) is 11.5. The number of nitrogens with two attached hydrogens (primary N) is 1. The first-order valence-corrected chi connectivity index (χ1v) is 4.82. The summed E-state index contributed by atoms with van der Waals surface area (Å²) in [5, 5.41) is 5.12. The molecule has 0 bridgehead atoms. The third-order valence-corrected chi connectivity index (χ3v) is 2.29. The predicted octanol–water partition coefficient (Wildman–Crippen LogP) is -0.724. The largest absolute Gasteiger partial charge is 0.394 e. The van der Waals surface area contributed by atoms with Crippen LogP contribution in [0.3, 0.4) is 0 Å². The summed E-state index contributed by atoms with van der Waals surface area (Å²) in [6.45, 7) is 0. The Morgan fingerprint density at radius 1 is 1.50 bits per heavy atom. The molecule has 0 spiro atoms. The molecular formula is C9H11N5O2. The second kappa shape index (κ2) is 4.13. The maximum Gasteiger partial charge on any atom is 0.249 e. The molecule has 1 aliphatic heterocycles. The number of nitrogens with one attached hydrogen (secondary N) is 2. The molecule has 2 rings (SSSR count). The molecule has 0 radical (unpaired) electrons. The van der Waals surface area contributed by atoms with Crippen molar-refractivity contribution in [3.63, 3.8) is 0 Å². The number of amides is 2. The zero-order valence-corrected chi connectivity index (χ0v) is 8.43. The number of rotatable bonds is 2. The van der Waals surface area contributed by atoms with Crippen molar-refractivity contribution >= 4 is 23.3 Å². The van der Waals surface area contributed by atoms with Gasteiger partial charge in [-0.05, 0) is 6.42 Å². The number of nitrogens with zero attached hydrogens (tertiary/aromatic N) is 2. The van der Waals surface area contributed by atoms with Crippen LogP contribution in [0.25, 0.3) is 0 Å². The number of hydrogen-bond donors (Lipinski definition) is 3. The van der Waals surface area contributed by atoms with E-state index in [0.717, 1.165) is 0 Å². The van der Waals surface area contributed by atoms with Gasteiger partial charge in [0.2, 0.25) is 11.8 Å². The number of aromatic nitrogens is 2. The smallest absolute Gasteiger partial charge is 0.249 e. The number of carbonyl (C=O) groups excluding carboxylic acids is 2. The van der Waals surface area contributed by atoms with Crippen LogP contribution in [0, 0.1) is 0 Å². The minimum absolute atomic E-state index is 0.251. The molecule has 84 valence electrons. The van der Waals surface area contributed by atoms with Crippen LogP contribution in [0.5, 0.6) is 0 Å². The molecule has 4 N–H and O–H groups in total. The van der Waals surface area contributed by atoms with Gasteiger partial charge in [0.05, 0.1) is 11.9 Å². The maximum absolute atomic E-state index is 11.4. The first-order valence-electron chi connectivity index (χ1n) is 4.82. The van der Waals surface area contributed by atoms with Crippen LogP contribution in [-0.2, 0) is 9.59 Å². The fourth-order valence-corrected chi connectivity index (χ4v) is 1.46. The molecule has 0 saturated carbocycles. The van der Waals surface area contributed by atoms with Gasteiger partial charge in [-0.1, -0.05) is 0 Å². The molecule has 1 fully saturated rings. The lowest BCUT2D eigenvalue weighted by Gasteiger charge is -2.22. The van der Waals surface area contributed by atoms with Crippen LogP contribution in [-0.4, -0.2) is 27.8 Å². The van der Waals surface area contributed by atoms with Crippen molar-refractivity contribution < 1.29 is 9.59 Å². The summed E-state index contributed by atoms with van der Waals surface area (Å²) in [5.41, 5.74) is 5.99. The van der Waals surface area contributed by atoms with Gasteiger partial charge in [-0.15, -0.1) is 0 Å². The fraction of sp³-hybridized carbons (Fsp3) is 0.333. The van der Waals surface area contributed by atoms with Gasteiger partial charge in [0.15, 0.2) is 5.82 Å². The van der Waals surface area contributed by atoms with Crippen molar-refractivity contribution in [1.29, 1.82) is 0 Å². The van der Waals surface area contributed by atoms with Crippen LogP contribution in [0.2, 0.25) is 0 Å². The van der Waals surface area contributed by atoms with Gasteiger partial charge in [0.25, 0.3) is 0 Å². The molecule has 1 aromatic heterocycles. The molecule has 2 heterocycles. The third-order valence-electron chi connectivity index (χ3n) is 2.29. The Bertz CT molecular complexity index is 434. The van der Waals surface area contributed by atoms with E-state index in [0.29, 0.717) is 24.3 Å². The van der Waals surface area contributed by atoms with Crippen LogP contribution < -0.4 is 16.4 Å². The fourth-order valence-electron chi connectivity index (χ4n) is 1.46. The SMILES string of the molecule is Nc1cncnc1NC1CCC(=O)NC1=O. The summed E-state index contributed by atoms with van der Waals surface area (Å²) in [6, 6.07) is -0.477. The Hall–Kier alpha value is -2.18. The number of nitrogen functional groups attached to an aromatic ring is 1. The van der Waals surface area contributed by atoms with Crippen molar-refractivity contribution in [1.82, 2.24) is 15.3 Å². The quantitative estimate of drug-likeness (QED) is 0.568. The molecule has 0 aliphatic carbocycles. The molecule has 1 unspecified atom stereocenters. The van der Waals surface area contributed by atoms with E-state index >= 15 is 0 Å². The number of anilines is 2. The normalized spacial score (nSPS) is 20.4. The Balaban J connectivity index is 2.08. The Morgan fingerprint density at radius 2 is 2.31 bits per heavy atom. The monoisotopic (exact) mass is 221 g/mol. The van der Waals surface area contributed by atoms with E-state index in [1.54, 1.807) is 0 Å². The first-order chi connectivity index (χ1) is 7.66. The van der Waals surface area contributed by atoms with Gasteiger partial charge < -0.3 is 11.1 Å². The Morgan fingerprint density at radius 3 is 3.00 bits per heavy atom. The average molecular weight is 221 g/mol. The van der Waals surface area contributed by atoms with Gasteiger partial charge >= 0.3 is 0 Å². The standard InChI is InChI=1S/C9H11N5O2/c10-5-3-11-4-12-8(5)13-6-1-2-7(15)14-9(6)16/h3-4,6H,1-2,10H2,(H,11,12,13)(H,14,15,16). The van der Waals surface area contributed by atoms with E-state index < -0.39 is 6.04 Å². The molecule has 1 atom stereocenters. The van der Waals surface area contributed by atoms with Gasteiger partial charge in [0, 0.05) is 6.42 Å². The molecule has 7 nitrogen and oxygen atoms in total. The second-order valence-corrected chi connectivity index (χ2v) is 3.47. The van der Waals surface area contributed by atoms with Crippen molar-refractivity contribution in [2.75, 3.05) is 11.1 Å². The topological polar surface area (TPSA) is 110 Å². The highest BCUT2D eigenvalue weighted by Crippen LogP contribution is 2.16. The minimum atomic E-state index is -0.477. The summed E-state index contributed by atoms with van der Waals surface area (Å²) in [4.78, 5) is 30.0. The summed E-state index contributed by atoms with van der Waals surface area (Å²) in [7, 11) is 0. The predicted molar refractivity (Wildman–Crippen MR) is 56.2 cm³/mol. The average Bonchev–Trinajstić information content (AvgIpc) is 2.25. The molecule has 1 aliphatic rings. The van der Waals surface area contributed by atoms with E-state index in [-0.39, 0.29) is 11.8 Å². The molecule has 1 aromatic rings. The lowest BCUT2D eigenvalue weighted by atomic mass is 10.1. The lowest BCUT2D eigenvalue weighted by molar-refractivity contribution is -0.133. The highest BCUT2D eigenvalue weighted by atomic mass is 16.2. The molecule has 7 heteroatoms. The van der Waals surface area contributed by atoms with Crippen LogP contribution in [0.4, 0.5) is 11.5 Å². The van der Waals surface area contributed by atoms with Gasteiger partial charge in [-0.3, -0.25) is 14.9 Å². The molecule has 16 heavy (non-hydrogen) atoms. The molecule has 0 aromatic carbocycles. The molecule has 1 saturated heterocycles. The van der Waals surface area contributed by atoms with Crippen LogP contribution >= 0.6 is 0 Å². The first kappa shape index (κ1) is 10.3. The van der Waals surface area contributed by atoms with Gasteiger partial charge in [-0.25, -0.2) is 9.97 Å². The van der Waals surface area contributed by atoms with E-state index in [1.165, 1.54) is 12.5 Å². The highest BCUT2D eigenvalue weighted by molar-refractivity contribution is 6.01. The molecule has 2 amide bonds. The third kappa shape index (κ3) is 2.08. The summed E-state index contributed by atoms with van der Waals surface area (Å²) in [5.74, 6) is -0.197. The van der Waals surface area contributed by atoms with Crippen molar-refractivity contribution in [3.05, 3.63) is 12.5 Å². The number of hydrogen-bond acceptors (Lipinski definition) is 6. The lowest BCUT2D eigenvalue weighted by Crippen LogP contribution is -2.47. The van der Waals surface area contributed by atoms with E-state index in [1.807, 2.05) is 0 Å². The highest BCUT2D eigenvalue weighted by Gasteiger charge is 2.26. The van der Waals surface area contributed by atoms with Gasteiger partial charge in [-0.2, -0.15) is 0 Å². The number of piperidine rings is 1. The summed E-state index contributed by atoms with van der Waals surface area (Å²) < 4.78 is 0. The zero-order valence-electron chi connectivity index (χ0n) is 8.43. The van der Waals surface area contributed by atoms with Crippen LogP contribution in [0.1, 0.15) is 12.8 Å². The van der Waals surface area contributed by atoms with Crippen molar-refractivity contribution in [2.45, 2.75) is 18.9 Å². The van der Waals surface area contributed by atoms with E-state index in [2.05, 4.69) is 20.6 Å². The van der Waals surface area contributed by atoms with Crippen molar-refractivity contribution in [3.8, 4) is 0 Å². The van der Waals surface area contributed by atoms with Crippen molar-refractivity contribution in [2.24, 2.45) is 0 Å². The molecular weight excluding hydrogens is 210 g/mol. The minimum Gasteiger partial charge on any atom is -0.394 e. The van der Waals surface area contributed by atoms with E-state index in [4.69, 9.17) is 5.73 Å². The maximum atomic E-state index is 11.4. The Kier molecular flexibility index (Phi) is 2.67. The number of imide groups is 1.